The van der Waals surface area contributed by atoms with Crippen LogP contribution in [0.3, 0.4) is 0 Å². The molecule has 0 aliphatic heterocycles. The van der Waals surface area contributed by atoms with Crippen molar-refractivity contribution in [1.29, 1.82) is 0 Å². The fraction of sp³-hybridized carbons (Fsp3) is 0.613. The standard InChI is InChI=1S/C31H40F6NOPS/c1-29(2,3)41(39)38-28(21-18-22(30(32,33)34)20-23(19-21)31(35,36)37)26-16-10-11-17-27(26)40(24-12-6-4-7-13-24)25-14-8-5-9-15-25/h10-11,16-20,24-25,28,38H,4-9,12-15H2,1-3H3/t28-,41?/m0/s1. The van der Waals surface area contributed by atoms with Crippen LogP contribution in [0.4, 0.5) is 26.3 Å². The van der Waals surface area contributed by atoms with Gasteiger partial charge in [-0.25, -0.2) is 8.93 Å². The first-order valence-corrected chi connectivity index (χ1v) is 17.1. The first kappa shape index (κ1) is 32.5. The number of hydrogen-bond acceptors (Lipinski definition) is 1. The molecule has 0 heterocycles. The third-order valence-electron chi connectivity index (χ3n) is 8.19. The average Bonchev–Trinajstić information content (AvgIpc) is 2.91. The van der Waals surface area contributed by atoms with Crippen molar-refractivity contribution in [2.75, 3.05) is 0 Å². The summed E-state index contributed by atoms with van der Waals surface area (Å²) in [4.78, 5) is 0. The lowest BCUT2D eigenvalue weighted by Crippen LogP contribution is -2.38. The number of nitrogens with one attached hydrogen (secondary N) is 1. The van der Waals surface area contributed by atoms with Gasteiger partial charge in [0.15, 0.2) is 0 Å². The highest BCUT2D eigenvalue weighted by Crippen LogP contribution is 2.56. The summed E-state index contributed by atoms with van der Waals surface area (Å²) in [6.45, 7) is 5.18. The van der Waals surface area contributed by atoms with Crippen molar-refractivity contribution in [2.24, 2.45) is 0 Å². The van der Waals surface area contributed by atoms with Gasteiger partial charge in [-0.3, -0.25) is 0 Å². The summed E-state index contributed by atoms with van der Waals surface area (Å²) in [5.41, 5.74) is -1.35. The molecule has 41 heavy (non-hydrogen) atoms. The molecule has 2 aliphatic carbocycles. The van der Waals surface area contributed by atoms with Crippen LogP contribution in [0, 0.1) is 0 Å². The van der Waals surface area contributed by atoms with Gasteiger partial charge in [0.05, 0.1) is 32.9 Å². The van der Waals surface area contributed by atoms with Crippen LogP contribution in [0.5, 0.6) is 0 Å². The predicted molar refractivity (Wildman–Crippen MR) is 156 cm³/mol. The maximum Gasteiger partial charge on any atom is 0.416 e. The van der Waals surface area contributed by atoms with Gasteiger partial charge in [0.2, 0.25) is 0 Å². The van der Waals surface area contributed by atoms with Crippen LogP contribution in [0.2, 0.25) is 0 Å². The molecule has 0 aromatic heterocycles. The molecule has 2 aromatic rings. The van der Waals surface area contributed by atoms with E-state index in [2.05, 4.69) is 4.72 Å². The van der Waals surface area contributed by atoms with E-state index in [1.54, 1.807) is 32.9 Å². The third-order valence-corrected chi connectivity index (χ3v) is 13.3. The van der Waals surface area contributed by atoms with Crippen LogP contribution in [-0.2, 0) is 23.3 Å². The molecule has 0 amide bonds. The smallest absolute Gasteiger partial charge is 0.242 e. The van der Waals surface area contributed by atoms with Crippen LogP contribution in [0.1, 0.15) is 113 Å². The fourth-order valence-corrected chi connectivity index (χ4v) is 10.9. The predicted octanol–water partition coefficient (Wildman–Crippen LogP) is 9.64. The third kappa shape index (κ3) is 8.14. The van der Waals surface area contributed by atoms with E-state index in [-0.39, 0.29) is 11.6 Å². The summed E-state index contributed by atoms with van der Waals surface area (Å²) < 4.78 is 99.0. The Morgan fingerprint density at radius 1 is 0.756 bits per heavy atom. The number of halogens is 6. The van der Waals surface area contributed by atoms with E-state index in [0.717, 1.165) is 68.8 Å². The fourth-order valence-electron chi connectivity index (χ4n) is 6.12. The Kier molecular flexibility index (Phi) is 10.3. The quantitative estimate of drug-likeness (QED) is 0.243. The number of hydrogen-bond donors (Lipinski definition) is 1. The number of benzene rings is 2. The van der Waals surface area contributed by atoms with Gasteiger partial charge >= 0.3 is 12.4 Å². The summed E-state index contributed by atoms with van der Waals surface area (Å²) in [5, 5.41) is 1.02. The van der Waals surface area contributed by atoms with Gasteiger partial charge in [0.25, 0.3) is 0 Å². The normalized spacial score (nSPS) is 19.9. The van der Waals surface area contributed by atoms with Gasteiger partial charge in [-0.1, -0.05) is 70.7 Å². The lowest BCUT2D eigenvalue weighted by atomic mass is 9.95. The minimum atomic E-state index is -4.97. The summed E-state index contributed by atoms with van der Waals surface area (Å²) in [7, 11) is -2.49. The second-order valence-corrected chi connectivity index (χ2v) is 17.1. The molecular formula is C31H40F6NOPS. The molecule has 2 saturated carbocycles. The van der Waals surface area contributed by atoms with E-state index >= 15 is 0 Å². The summed E-state index contributed by atoms with van der Waals surface area (Å²) in [6.07, 6.45) is 1.32. The summed E-state index contributed by atoms with van der Waals surface area (Å²) >= 11 is 0. The maximum atomic E-state index is 13.9. The maximum absolute atomic E-state index is 13.9. The molecule has 1 N–H and O–H groups in total. The monoisotopic (exact) mass is 619 g/mol. The minimum absolute atomic E-state index is 0.157. The Hall–Kier alpha value is -1.44. The van der Waals surface area contributed by atoms with E-state index in [0.29, 0.717) is 16.9 Å². The van der Waals surface area contributed by atoms with Crippen molar-refractivity contribution < 1.29 is 30.6 Å². The van der Waals surface area contributed by atoms with Gasteiger partial charge in [-0.2, -0.15) is 26.3 Å². The van der Waals surface area contributed by atoms with Crippen LogP contribution < -0.4 is 10.0 Å². The molecule has 2 aliphatic rings. The Morgan fingerprint density at radius 3 is 1.66 bits per heavy atom. The van der Waals surface area contributed by atoms with Crippen LogP contribution in [0.15, 0.2) is 42.5 Å². The molecule has 2 aromatic carbocycles. The lowest BCUT2D eigenvalue weighted by Gasteiger charge is -2.40. The van der Waals surface area contributed by atoms with Gasteiger partial charge in [0.1, 0.15) is 0 Å². The van der Waals surface area contributed by atoms with E-state index < -0.39 is 53.2 Å². The van der Waals surface area contributed by atoms with E-state index in [4.69, 9.17) is 0 Å². The van der Waals surface area contributed by atoms with E-state index in [1.165, 1.54) is 12.8 Å². The second-order valence-electron chi connectivity index (χ2n) is 12.3. The highest BCUT2D eigenvalue weighted by molar-refractivity contribution is 7.84. The summed E-state index contributed by atoms with van der Waals surface area (Å²) in [5.74, 6) is 0. The highest BCUT2D eigenvalue weighted by atomic mass is 32.2. The Balaban J connectivity index is 1.92. The molecule has 0 spiro atoms. The molecule has 0 saturated heterocycles. The Labute approximate surface area is 243 Å². The number of rotatable bonds is 7. The molecule has 1 unspecified atom stereocenters. The Morgan fingerprint density at radius 2 is 1.22 bits per heavy atom. The van der Waals surface area contributed by atoms with Crippen LogP contribution >= 0.6 is 7.92 Å². The molecule has 0 bridgehead atoms. The first-order valence-electron chi connectivity index (χ1n) is 14.5. The highest BCUT2D eigenvalue weighted by Gasteiger charge is 2.40. The zero-order valence-electron chi connectivity index (χ0n) is 23.9. The molecular weight excluding hydrogens is 579 g/mol. The summed E-state index contributed by atoms with van der Waals surface area (Å²) in [6, 6.07) is 8.15. The Bertz CT molecular complexity index is 1150. The molecule has 2 atom stereocenters. The topological polar surface area (TPSA) is 29.1 Å². The molecule has 10 heteroatoms. The second kappa shape index (κ2) is 13.1. The minimum Gasteiger partial charge on any atom is -0.242 e. The van der Waals surface area contributed by atoms with Gasteiger partial charge < -0.3 is 0 Å². The zero-order chi connectivity index (χ0) is 30.0. The molecule has 4 rings (SSSR count). The van der Waals surface area contributed by atoms with Crippen LogP contribution in [0.25, 0.3) is 0 Å². The largest absolute Gasteiger partial charge is 0.416 e. The van der Waals surface area contributed by atoms with E-state index in [1.807, 2.05) is 12.1 Å². The van der Waals surface area contributed by atoms with Crippen molar-refractivity contribution in [1.82, 2.24) is 4.72 Å². The van der Waals surface area contributed by atoms with Gasteiger partial charge in [0, 0.05) is 0 Å². The molecule has 228 valence electrons. The molecule has 2 fully saturated rings. The number of alkyl halides is 6. The van der Waals surface area contributed by atoms with Gasteiger partial charge in [-0.15, -0.1) is 0 Å². The van der Waals surface area contributed by atoms with Crippen molar-refractivity contribution in [3.05, 3.63) is 64.7 Å². The SMILES string of the molecule is CC(C)(C)S(=O)N[C@@H](c1cc(C(F)(F)F)cc(C(F)(F)F)c1)c1ccccc1P(C1CCCCC1)C1CCCCC1. The van der Waals surface area contributed by atoms with Gasteiger partial charge in [-0.05, 0) is 92.4 Å². The molecule has 0 radical (unpaired) electrons. The first-order chi connectivity index (χ1) is 19.2. The van der Waals surface area contributed by atoms with Crippen molar-refractivity contribution in [2.45, 2.75) is 119 Å². The van der Waals surface area contributed by atoms with Crippen molar-refractivity contribution in [3.63, 3.8) is 0 Å². The van der Waals surface area contributed by atoms with E-state index in [9.17, 15) is 30.6 Å². The average molecular weight is 620 g/mol. The van der Waals surface area contributed by atoms with Crippen molar-refractivity contribution >= 4 is 24.2 Å². The lowest BCUT2D eigenvalue weighted by molar-refractivity contribution is -0.143. The molecule has 2 nitrogen and oxygen atoms in total. The van der Waals surface area contributed by atoms with Crippen molar-refractivity contribution in [3.8, 4) is 0 Å². The zero-order valence-corrected chi connectivity index (χ0v) is 25.6. The van der Waals surface area contributed by atoms with Crippen LogP contribution in [-0.4, -0.2) is 20.3 Å².